The van der Waals surface area contributed by atoms with Crippen molar-refractivity contribution in [2.24, 2.45) is 5.10 Å². The normalized spacial score (nSPS) is 11.0. The highest BCUT2D eigenvalue weighted by Crippen LogP contribution is 2.13. The van der Waals surface area contributed by atoms with Crippen LogP contribution in [0.4, 0.5) is 0 Å². The molecule has 0 radical (unpaired) electrons. The number of aromatic amines is 2. The molecule has 0 bridgehead atoms. The van der Waals surface area contributed by atoms with Gasteiger partial charge < -0.3 is 5.10 Å². The number of aryl methyl sites for hydroxylation is 1. The molecule has 0 aliphatic rings. The Hall–Kier alpha value is -2.28. The molecule has 2 rings (SSSR count). The quantitative estimate of drug-likeness (QED) is 0.431. The van der Waals surface area contributed by atoms with E-state index in [0.29, 0.717) is 12.0 Å². The van der Waals surface area contributed by atoms with E-state index >= 15 is 0 Å². The van der Waals surface area contributed by atoms with Gasteiger partial charge in [0.15, 0.2) is 0 Å². The first kappa shape index (κ1) is 16.1. The van der Waals surface area contributed by atoms with Crippen LogP contribution in [0.3, 0.4) is 0 Å². The van der Waals surface area contributed by atoms with Gasteiger partial charge in [0.1, 0.15) is 0 Å². The van der Waals surface area contributed by atoms with E-state index in [1.54, 1.807) is 24.9 Å². The van der Waals surface area contributed by atoms with Crippen LogP contribution in [0.15, 0.2) is 39.1 Å². The third-order valence-corrected chi connectivity index (χ3v) is 3.95. The second kappa shape index (κ2) is 7.65. The molecule has 1 aromatic heterocycles. The molecule has 1 heterocycles. The summed E-state index contributed by atoms with van der Waals surface area (Å²) in [5.74, 6) is -0.225. The molecule has 116 valence electrons. The lowest BCUT2D eigenvalue weighted by molar-refractivity contribution is -0.121. The van der Waals surface area contributed by atoms with Gasteiger partial charge in [-0.2, -0.15) is 5.10 Å². The van der Waals surface area contributed by atoms with Gasteiger partial charge >= 0.3 is 0 Å². The van der Waals surface area contributed by atoms with Crippen molar-refractivity contribution in [2.75, 3.05) is 6.26 Å². The Kier molecular flexibility index (Phi) is 5.60. The Morgan fingerprint density at radius 1 is 1.32 bits per heavy atom. The highest BCUT2D eigenvalue weighted by Gasteiger charge is 2.08. The maximum atomic E-state index is 11.7. The number of thioether (sulfide) groups is 1. The summed E-state index contributed by atoms with van der Waals surface area (Å²) in [4.78, 5) is 24.3. The van der Waals surface area contributed by atoms with Crippen LogP contribution in [-0.4, -0.2) is 28.6 Å². The second-order valence-corrected chi connectivity index (χ2v) is 5.63. The van der Waals surface area contributed by atoms with Crippen molar-refractivity contribution in [1.82, 2.24) is 15.6 Å². The lowest BCUT2D eigenvalue weighted by atomic mass is 10.1. The van der Waals surface area contributed by atoms with Gasteiger partial charge in [0.25, 0.3) is 5.56 Å². The fraction of sp³-hybridized carbons (Fsp3) is 0.267. The van der Waals surface area contributed by atoms with Gasteiger partial charge in [-0.05, 0) is 37.3 Å². The summed E-state index contributed by atoms with van der Waals surface area (Å²) in [7, 11) is 0. The zero-order valence-corrected chi connectivity index (χ0v) is 13.3. The number of hydrogen-bond acceptors (Lipinski definition) is 4. The lowest BCUT2D eigenvalue weighted by Gasteiger charge is -2.00. The summed E-state index contributed by atoms with van der Waals surface area (Å²) in [6.45, 7) is 1.79. The van der Waals surface area contributed by atoms with E-state index in [1.165, 1.54) is 4.90 Å². The minimum Gasteiger partial charge on any atom is -0.302 e. The summed E-state index contributed by atoms with van der Waals surface area (Å²) < 4.78 is 0. The summed E-state index contributed by atoms with van der Waals surface area (Å²) in [6.07, 6.45) is 4.20. The molecule has 3 N–H and O–H groups in total. The van der Waals surface area contributed by atoms with Crippen molar-refractivity contribution in [1.29, 1.82) is 0 Å². The van der Waals surface area contributed by atoms with E-state index in [1.807, 2.05) is 30.5 Å². The van der Waals surface area contributed by atoms with Crippen molar-refractivity contribution in [3.8, 4) is 0 Å². The smallest absolute Gasteiger partial charge is 0.267 e. The van der Waals surface area contributed by atoms with Gasteiger partial charge in [0.2, 0.25) is 5.91 Å². The van der Waals surface area contributed by atoms with Crippen LogP contribution in [0, 0.1) is 6.92 Å². The SMILES string of the molecule is CSc1ccc(C=NNC(=O)CCc2c(C)[nH][nH]c2=O)cc1. The second-order valence-electron chi connectivity index (χ2n) is 4.75. The molecule has 0 atom stereocenters. The minimum absolute atomic E-state index is 0.178. The third kappa shape index (κ3) is 4.36. The van der Waals surface area contributed by atoms with Crippen molar-refractivity contribution in [3.63, 3.8) is 0 Å². The average Bonchev–Trinajstić information content (AvgIpc) is 2.84. The van der Waals surface area contributed by atoms with Gasteiger partial charge in [-0.15, -0.1) is 11.8 Å². The first-order valence-corrected chi connectivity index (χ1v) is 8.04. The molecule has 1 amide bonds. The van der Waals surface area contributed by atoms with Gasteiger partial charge in [-0.3, -0.25) is 14.7 Å². The number of hydrazone groups is 1. The minimum atomic E-state index is -0.225. The highest BCUT2D eigenvalue weighted by atomic mass is 32.2. The zero-order chi connectivity index (χ0) is 15.9. The van der Waals surface area contributed by atoms with Gasteiger partial charge in [-0.1, -0.05) is 12.1 Å². The molecule has 22 heavy (non-hydrogen) atoms. The molecule has 7 heteroatoms. The molecular weight excluding hydrogens is 300 g/mol. The van der Waals surface area contributed by atoms with Crippen LogP contribution in [-0.2, 0) is 11.2 Å². The Bertz CT molecular complexity index is 716. The van der Waals surface area contributed by atoms with Crippen molar-refractivity contribution >= 4 is 23.9 Å². The van der Waals surface area contributed by atoms with Crippen LogP contribution in [0.2, 0.25) is 0 Å². The van der Waals surface area contributed by atoms with Crippen LogP contribution >= 0.6 is 11.8 Å². The van der Waals surface area contributed by atoms with Crippen LogP contribution in [0.5, 0.6) is 0 Å². The molecule has 0 aliphatic carbocycles. The van der Waals surface area contributed by atoms with Crippen LogP contribution in [0.1, 0.15) is 23.2 Å². The third-order valence-electron chi connectivity index (χ3n) is 3.21. The maximum Gasteiger partial charge on any atom is 0.267 e. The molecule has 0 saturated heterocycles. The van der Waals surface area contributed by atoms with E-state index < -0.39 is 0 Å². The largest absolute Gasteiger partial charge is 0.302 e. The van der Waals surface area contributed by atoms with E-state index in [-0.39, 0.29) is 17.9 Å². The molecule has 0 saturated carbocycles. The van der Waals surface area contributed by atoms with Crippen LogP contribution < -0.4 is 11.0 Å². The summed E-state index contributed by atoms with van der Waals surface area (Å²) >= 11 is 1.67. The van der Waals surface area contributed by atoms with E-state index in [4.69, 9.17) is 0 Å². The number of H-pyrrole nitrogens is 2. The van der Waals surface area contributed by atoms with Gasteiger partial charge in [0, 0.05) is 22.6 Å². The number of hydrogen-bond donors (Lipinski definition) is 3. The Balaban J connectivity index is 1.82. The molecular formula is C15H18N4O2S. The fourth-order valence-corrected chi connectivity index (χ4v) is 2.34. The molecule has 0 fully saturated rings. The monoisotopic (exact) mass is 318 g/mol. The number of nitrogens with one attached hydrogen (secondary N) is 3. The average molecular weight is 318 g/mol. The predicted octanol–water partition coefficient (Wildman–Crippen LogP) is 1.82. The van der Waals surface area contributed by atoms with E-state index in [0.717, 1.165) is 11.3 Å². The zero-order valence-electron chi connectivity index (χ0n) is 12.5. The van der Waals surface area contributed by atoms with Crippen molar-refractivity contribution < 1.29 is 4.79 Å². The fourth-order valence-electron chi connectivity index (χ4n) is 1.94. The Morgan fingerprint density at radius 3 is 2.64 bits per heavy atom. The summed E-state index contributed by atoms with van der Waals surface area (Å²) in [6, 6.07) is 7.86. The van der Waals surface area contributed by atoms with Crippen molar-refractivity contribution in [2.45, 2.75) is 24.7 Å². The molecule has 0 spiro atoms. The Morgan fingerprint density at radius 2 is 2.05 bits per heavy atom. The number of amides is 1. The first-order chi connectivity index (χ1) is 10.6. The van der Waals surface area contributed by atoms with Crippen molar-refractivity contribution in [3.05, 3.63) is 51.4 Å². The molecule has 0 aliphatic heterocycles. The lowest BCUT2D eigenvalue weighted by Crippen LogP contribution is -2.19. The van der Waals surface area contributed by atoms with Crippen LogP contribution in [0.25, 0.3) is 0 Å². The molecule has 0 unspecified atom stereocenters. The summed E-state index contributed by atoms with van der Waals surface area (Å²) in [5.41, 5.74) is 4.56. The maximum absolute atomic E-state index is 11.7. The van der Waals surface area contributed by atoms with E-state index in [9.17, 15) is 9.59 Å². The predicted molar refractivity (Wildman–Crippen MR) is 88.4 cm³/mol. The highest BCUT2D eigenvalue weighted by molar-refractivity contribution is 7.98. The molecule has 2 aromatic rings. The standard InChI is InChI=1S/C15H18N4O2S/c1-10-13(15(21)19-17-10)7-8-14(20)18-16-9-11-3-5-12(22-2)6-4-11/h3-6,9H,7-8H2,1-2H3,(H,18,20)(H2,17,19,21). The number of carbonyl (C=O) groups is 1. The number of benzene rings is 1. The number of aromatic nitrogens is 2. The number of carbonyl (C=O) groups excluding carboxylic acids is 1. The molecule has 6 nitrogen and oxygen atoms in total. The number of rotatable bonds is 6. The molecule has 1 aromatic carbocycles. The van der Waals surface area contributed by atoms with E-state index in [2.05, 4.69) is 20.7 Å². The number of nitrogens with zero attached hydrogens (tertiary/aromatic N) is 1. The summed E-state index contributed by atoms with van der Waals surface area (Å²) in [5, 5.41) is 9.14. The Labute approximate surface area is 132 Å². The topological polar surface area (TPSA) is 90.1 Å². The first-order valence-electron chi connectivity index (χ1n) is 6.82. The van der Waals surface area contributed by atoms with Gasteiger partial charge in [0.05, 0.1) is 6.21 Å². The van der Waals surface area contributed by atoms with Gasteiger partial charge in [-0.25, -0.2) is 5.43 Å².